The first kappa shape index (κ1) is 15.5. The lowest BCUT2D eigenvalue weighted by atomic mass is 10.1. The van der Waals surface area contributed by atoms with Crippen LogP contribution in [0.2, 0.25) is 0 Å². The van der Waals surface area contributed by atoms with Crippen molar-refractivity contribution in [1.82, 2.24) is 0 Å². The second kappa shape index (κ2) is 9.39. The van der Waals surface area contributed by atoms with Gasteiger partial charge in [0.2, 0.25) is 0 Å². The molecule has 0 spiro atoms. The molecule has 0 bridgehead atoms. The van der Waals surface area contributed by atoms with Crippen LogP contribution in [0.1, 0.15) is 44.6 Å². The van der Waals surface area contributed by atoms with Gasteiger partial charge in [-0.3, -0.25) is 0 Å². The minimum Gasteiger partial charge on any atom is -0.494 e. The molecule has 0 heterocycles. The molecular formula is C15H23NO3. The summed E-state index contributed by atoms with van der Waals surface area (Å²) in [6, 6.07) is 7.59. The van der Waals surface area contributed by atoms with Crippen molar-refractivity contribution in [3.63, 3.8) is 0 Å². The molecule has 0 aromatic heterocycles. The summed E-state index contributed by atoms with van der Waals surface area (Å²) >= 11 is 0. The van der Waals surface area contributed by atoms with Gasteiger partial charge >= 0.3 is 0 Å². The summed E-state index contributed by atoms with van der Waals surface area (Å²) in [4.78, 5) is 0. The predicted octanol–water partition coefficient (Wildman–Crippen LogP) is 3.21. The Balaban J connectivity index is 2.32. The molecule has 0 atom stereocenters. The average Bonchev–Trinajstić information content (AvgIpc) is 2.45. The van der Waals surface area contributed by atoms with Crippen molar-refractivity contribution in [1.29, 1.82) is 0 Å². The number of oxime groups is 1. The lowest BCUT2D eigenvalue weighted by Gasteiger charge is -2.07. The summed E-state index contributed by atoms with van der Waals surface area (Å²) in [5.74, 6) is 0.833. The van der Waals surface area contributed by atoms with Crippen LogP contribution in [0.4, 0.5) is 0 Å². The van der Waals surface area contributed by atoms with Gasteiger partial charge in [-0.1, -0.05) is 18.5 Å². The summed E-state index contributed by atoms with van der Waals surface area (Å²) in [6.45, 7) is 2.92. The van der Waals surface area contributed by atoms with Gasteiger partial charge in [0.1, 0.15) is 5.75 Å². The van der Waals surface area contributed by atoms with E-state index >= 15 is 0 Å². The van der Waals surface area contributed by atoms with Crippen LogP contribution < -0.4 is 4.74 Å². The van der Waals surface area contributed by atoms with E-state index in [2.05, 4.69) is 5.16 Å². The Bertz CT molecular complexity index is 373. The summed E-state index contributed by atoms with van der Waals surface area (Å²) in [5, 5.41) is 20.8. The van der Waals surface area contributed by atoms with E-state index in [1.54, 1.807) is 0 Å². The Morgan fingerprint density at radius 1 is 1.11 bits per heavy atom. The minimum atomic E-state index is 0.272. The molecule has 0 amide bonds. The van der Waals surface area contributed by atoms with E-state index < -0.39 is 0 Å². The molecule has 4 heteroatoms. The number of benzene rings is 1. The molecule has 106 valence electrons. The molecule has 0 saturated heterocycles. The van der Waals surface area contributed by atoms with Crippen molar-refractivity contribution in [2.75, 3.05) is 13.2 Å². The number of aliphatic hydroxyl groups excluding tert-OH is 1. The first-order chi connectivity index (χ1) is 9.31. The maximum absolute atomic E-state index is 8.83. The molecule has 0 radical (unpaired) electrons. The van der Waals surface area contributed by atoms with Gasteiger partial charge in [-0.25, -0.2) is 0 Å². The number of hydrogen-bond donors (Lipinski definition) is 2. The van der Waals surface area contributed by atoms with E-state index in [-0.39, 0.29) is 6.61 Å². The predicted molar refractivity (Wildman–Crippen MR) is 76.1 cm³/mol. The van der Waals surface area contributed by atoms with Crippen LogP contribution >= 0.6 is 0 Å². The molecule has 1 aromatic rings. The minimum absolute atomic E-state index is 0.272. The lowest BCUT2D eigenvalue weighted by molar-refractivity contribution is 0.273. The van der Waals surface area contributed by atoms with Gasteiger partial charge in [0, 0.05) is 6.61 Å². The molecule has 0 unspecified atom stereocenters. The highest BCUT2D eigenvalue weighted by Crippen LogP contribution is 2.14. The molecule has 0 aliphatic heterocycles. The molecule has 2 N–H and O–H groups in total. The maximum Gasteiger partial charge on any atom is 0.119 e. The number of unbranched alkanes of at least 4 members (excludes halogenated alkanes) is 3. The van der Waals surface area contributed by atoms with Crippen LogP contribution in [-0.4, -0.2) is 29.2 Å². The van der Waals surface area contributed by atoms with Gasteiger partial charge in [0.25, 0.3) is 0 Å². The summed E-state index contributed by atoms with van der Waals surface area (Å²) in [5.41, 5.74) is 1.59. The summed E-state index contributed by atoms with van der Waals surface area (Å²) in [7, 11) is 0. The average molecular weight is 265 g/mol. The number of rotatable bonds is 9. The van der Waals surface area contributed by atoms with E-state index in [9.17, 15) is 0 Å². The van der Waals surface area contributed by atoms with Crippen LogP contribution in [0.15, 0.2) is 29.4 Å². The van der Waals surface area contributed by atoms with Gasteiger partial charge in [0.15, 0.2) is 0 Å². The van der Waals surface area contributed by atoms with Crippen molar-refractivity contribution < 1.29 is 15.1 Å². The zero-order valence-electron chi connectivity index (χ0n) is 11.5. The Hall–Kier alpha value is -1.55. The third-order valence-electron chi connectivity index (χ3n) is 2.96. The van der Waals surface area contributed by atoms with Crippen LogP contribution in [0.5, 0.6) is 5.75 Å². The second-order valence-electron chi connectivity index (χ2n) is 4.41. The van der Waals surface area contributed by atoms with Gasteiger partial charge in [0.05, 0.1) is 12.3 Å². The third-order valence-corrected chi connectivity index (χ3v) is 2.96. The molecule has 1 rings (SSSR count). The van der Waals surface area contributed by atoms with Gasteiger partial charge < -0.3 is 15.1 Å². The van der Waals surface area contributed by atoms with Crippen molar-refractivity contribution in [2.45, 2.75) is 39.0 Å². The van der Waals surface area contributed by atoms with Gasteiger partial charge in [-0.15, -0.1) is 0 Å². The Morgan fingerprint density at radius 3 is 2.37 bits per heavy atom. The topological polar surface area (TPSA) is 62.1 Å². The Kier molecular flexibility index (Phi) is 7.66. The number of ether oxygens (including phenoxy) is 1. The van der Waals surface area contributed by atoms with E-state index in [1.165, 1.54) is 0 Å². The van der Waals surface area contributed by atoms with E-state index in [0.29, 0.717) is 18.7 Å². The molecule has 0 saturated carbocycles. The van der Waals surface area contributed by atoms with Gasteiger partial charge in [-0.2, -0.15) is 0 Å². The third kappa shape index (κ3) is 5.75. The smallest absolute Gasteiger partial charge is 0.119 e. The van der Waals surface area contributed by atoms with E-state index in [1.807, 2.05) is 31.2 Å². The van der Waals surface area contributed by atoms with E-state index in [0.717, 1.165) is 37.0 Å². The van der Waals surface area contributed by atoms with Crippen molar-refractivity contribution in [3.8, 4) is 5.75 Å². The highest BCUT2D eigenvalue weighted by Gasteiger charge is 2.02. The van der Waals surface area contributed by atoms with E-state index in [4.69, 9.17) is 15.1 Å². The molecule has 0 aliphatic rings. The molecular weight excluding hydrogens is 242 g/mol. The van der Waals surface area contributed by atoms with Crippen LogP contribution in [0.25, 0.3) is 0 Å². The SMILES string of the molecule is CC/C(=N/O)c1ccc(OCCCCCCO)cc1. The normalized spacial score (nSPS) is 11.6. The Morgan fingerprint density at radius 2 is 1.79 bits per heavy atom. The second-order valence-corrected chi connectivity index (χ2v) is 4.41. The highest BCUT2D eigenvalue weighted by atomic mass is 16.5. The summed E-state index contributed by atoms with van der Waals surface area (Å²) < 4.78 is 5.62. The molecule has 0 aliphatic carbocycles. The number of aliphatic hydroxyl groups is 1. The lowest BCUT2D eigenvalue weighted by Crippen LogP contribution is -2.00. The van der Waals surface area contributed by atoms with Gasteiger partial charge in [-0.05, 0) is 55.5 Å². The molecule has 19 heavy (non-hydrogen) atoms. The standard InChI is InChI=1S/C15H23NO3/c1-2-15(16-18)13-7-9-14(10-8-13)19-12-6-4-3-5-11-17/h7-10,17-18H,2-6,11-12H2,1H3/b16-15-. The molecule has 1 aromatic carbocycles. The number of hydrogen-bond acceptors (Lipinski definition) is 4. The first-order valence-electron chi connectivity index (χ1n) is 6.86. The fourth-order valence-electron chi connectivity index (χ4n) is 1.83. The fraction of sp³-hybridized carbons (Fsp3) is 0.533. The monoisotopic (exact) mass is 265 g/mol. The maximum atomic E-state index is 8.83. The highest BCUT2D eigenvalue weighted by molar-refractivity contribution is 6.00. The first-order valence-corrected chi connectivity index (χ1v) is 6.86. The van der Waals surface area contributed by atoms with Crippen LogP contribution in [0.3, 0.4) is 0 Å². The Labute approximate surface area is 114 Å². The van der Waals surface area contributed by atoms with Crippen LogP contribution in [-0.2, 0) is 0 Å². The summed E-state index contributed by atoms with van der Waals surface area (Å²) in [6.07, 6.45) is 4.69. The fourth-order valence-corrected chi connectivity index (χ4v) is 1.83. The largest absolute Gasteiger partial charge is 0.494 e. The van der Waals surface area contributed by atoms with Crippen LogP contribution in [0, 0.1) is 0 Å². The molecule has 4 nitrogen and oxygen atoms in total. The van der Waals surface area contributed by atoms with Crippen molar-refractivity contribution in [2.24, 2.45) is 5.16 Å². The quantitative estimate of drug-likeness (QED) is 0.312. The zero-order chi connectivity index (χ0) is 13.9. The van der Waals surface area contributed by atoms with Crippen molar-refractivity contribution in [3.05, 3.63) is 29.8 Å². The van der Waals surface area contributed by atoms with Crippen molar-refractivity contribution >= 4 is 5.71 Å². The molecule has 0 fully saturated rings. The number of nitrogens with zero attached hydrogens (tertiary/aromatic N) is 1. The zero-order valence-corrected chi connectivity index (χ0v) is 11.5.